The van der Waals surface area contributed by atoms with E-state index in [-0.39, 0.29) is 12.5 Å². The van der Waals surface area contributed by atoms with Gasteiger partial charge in [0, 0.05) is 6.04 Å². The van der Waals surface area contributed by atoms with E-state index in [1.807, 2.05) is 18.2 Å². The number of nitrogens with one attached hydrogen (secondary N) is 1. The van der Waals surface area contributed by atoms with Gasteiger partial charge in [-0.15, -0.1) is 0 Å². The van der Waals surface area contributed by atoms with Crippen molar-refractivity contribution in [1.82, 2.24) is 5.32 Å². The summed E-state index contributed by atoms with van der Waals surface area (Å²) < 4.78 is 5.62. The summed E-state index contributed by atoms with van der Waals surface area (Å²) in [5.74, 6) is 1.80. The van der Waals surface area contributed by atoms with E-state index in [9.17, 15) is 4.79 Å². The van der Waals surface area contributed by atoms with Crippen molar-refractivity contribution < 1.29 is 9.53 Å². The SMILES string of the molecule is CC(C)c1cccc(OCC(=O)NC2CCCCC2C)c1. The normalized spacial score (nSPS) is 22.1. The van der Waals surface area contributed by atoms with Crippen molar-refractivity contribution in [2.75, 3.05) is 6.61 Å². The Kier molecular flexibility index (Phi) is 5.66. The lowest BCUT2D eigenvalue weighted by Crippen LogP contribution is -2.43. The van der Waals surface area contributed by atoms with E-state index in [4.69, 9.17) is 4.74 Å². The van der Waals surface area contributed by atoms with E-state index in [1.165, 1.54) is 24.8 Å². The third-order valence-electron chi connectivity index (χ3n) is 4.35. The first-order valence-electron chi connectivity index (χ1n) is 8.08. The Hall–Kier alpha value is -1.51. The second-order valence-electron chi connectivity index (χ2n) is 6.45. The van der Waals surface area contributed by atoms with Gasteiger partial charge in [0.2, 0.25) is 0 Å². The third kappa shape index (κ3) is 4.76. The molecule has 1 aliphatic carbocycles. The molecule has 1 aromatic carbocycles. The molecule has 0 saturated heterocycles. The van der Waals surface area contributed by atoms with Crippen molar-refractivity contribution in [3.63, 3.8) is 0 Å². The predicted octanol–water partition coefficient (Wildman–Crippen LogP) is 3.88. The van der Waals surface area contributed by atoms with Crippen LogP contribution in [0.15, 0.2) is 24.3 Å². The largest absolute Gasteiger partial charge is 0.484 e. The Bertz CT molecular complexity index is 470. The Labute approximate surface area is 128 Å². The maximum Gasteiger partial charge on any atom is 0.258 e. The molecule has 0 heterocycles. The average molecular weight is 289 g/mol. The van der Waals surface area contributed by atoms with Crippen molar-refractivity contribution in [3.05, 3.63) is 29.8 Å². The minimum atomic E-state index is -0.0105. The lowest BCUT2D eigenvalue weighted by molar-refractivity contribution is -0.124. The molecule has 0 aliphatic heterocycles. The van der Waals surface area contributed by atoms with E-state index < -0.39 is 0 Å². The van der Waals surface area contributed by atoms with E-state index in [0.717, 1.165) is 12.2 Å². The fourth-order valence-corrected chi connectivity index (χ4v) is 2.89. The first-order chi connectivity index (χ1) is 10.1. The smallest absolute Gasteiger partial charge is 0.258 e. The van der Waals surface area contributed by atoms with E-state index in [1.54, 1.807) is 0 Å². The zero-order chi connectivity index (χ0) is 15.2. The predicted molar refractivity (Wildman–Crippen MR) is 85.6 cm³/mol. The number of carbonyl (C=O) groups excluding carboxylic acids is 1. The van der Waals surface area contributed by atoms with Gasteiger partial charge in [-0.3, -0.25) is 4.79 Å². The van der Waals surface area contributed by atoms with Gasteiger partial charge in [0.05, 0.1) is 0 Å². The zero-order valence-electron chi connectivity index (χ0n) is 13.4. The van der Waals surface area contributed by atoms with E-state index in [2.05, 4.69) is 32.2 Å². The Morgan fingerprint density at radius 2 is 2.10 bits per heavy atom. The maximum atomic E-state index is 12.0. The maximum absolute atomic E-state index is 12.0. The fraction of sp³-hybridized carbons (Fsp3) is 0.611. The quantitative estimate of drug-likeness (QED) is 0.893. The van der Waals surface area contributed by atoms with Gasteiger partial charge in [-0.1, -0.05) is 45.7 Å². The molecule has 21 heavy (non-hydrogen) atoms. The van der Waals surface area contributed by atoms with Crippen LogP contribution in [-0.2, 0) is 4.79 Å². The van der Waals surface area contributed by atoms with Crippen LogP contribution in [0.5, 0.6) is 5.75 Å². The van der Waals surface area contributed by atoms with Gasteiger partial charge in [-0.25, -0.2) is 0 Å². The van der Waals surface area contributed by atoms with Crippen LogP contribution in [0.4, 0.5) is 0 Å². The second-order valence-corrected chi connectivity index (χ2v) is 6.45. The van der Waals surface area contributed by atoms with Crippen LogP contribution in [0, 0.1) is 5.92 Å². The summed E-state index contributed by atoms with van der Waals surface area (Å²) in [5, 5.41) is 3.11. The van der Waals surface area contributed by atoms with Crippen molar-refractivity contribution in [2.24, 2.45) is 5.92 Å². The number of hydrogen-bond acceptors (Lipinski definition) is 2. The molecule has 0 spiro atoms. The molecule has 1 fully saturated rings. The molecule has 3 nitrogen and oxygen atoms in total. The minimum absolute atomic E-state index is 0.0105. The molecule has 3 heteroatoms. The summed E-state index contributed by atoms with van der Waals surface area (Å²) in [5.41, 5.74) is 1.23. The monoisotopic (exact) mass is 289 g/mol. The number of rotatable bonds is 5. The number of hydrogen-bond donors (Lipinski definition) is 1. The molecule has 0 bridgehead atoms. The zero-order valence-corrected chi connectivity index (χ0v) is 13.4. The minimum Gasteiger partial charge on any atom is -0.484 e. The molecule has 2 rings (SSSR count). The van der Waals surface area contributed by atoms with Gasteiger partial charge in [0.15, 0.2) is 6.61 Å². The van der Waals surface area contributed by atoms with Crippen LogP contribution >= 0.6 is 0 Å². The summed E-state index contributed by atoms with van der Waals surface area (Å²) in [6.45, 7) is 6.62. The lowest BCUT2D eigenvalue weighted by atomic mass is 9.86. The molecule has 116 valence electrons. The van der Waals surface area contributed by atoms with Crippen LogP contribution in [0.2, 0.25) is 0 Å². The third-order valence-corrected chi connectivity index (χ3v) is 4.35. The van der Waals surface area contributed by atoms with E-state index in [0.29, 0.717) is 17.9 Å². The van der Waals surface area contributed by atoms with Crippen LogP contribution < -0.4 is 10.1 Å². The van der Waals surface area contributed by atoms with E-state index >= 15 is 0 Å². The van der Waals surface area contributed by atoms with Crippen molar-refractivity contribution in [2.45, 2.75) is 58.4 Å². The molecule has 1 saturated carbocycles. The molecule has 2 unspecified atom stereocenters. The van der Waals surface area contributed by atoms with Gasteiger partial charge in [-0.05, 0) is 42.4 Å². The number of amides is 1. The van der Waals surface area contributed by atoms with Crippen molar-refractivity contribution in [3.8, 4) is 5.75 Å². The van der Waals surface area contributed by atoms with Gasteiger partial charge in [0.25, 0.3) is 5.91 Å². The molecule has 1 aromatic rings. The molecule has 0 radical (unpaired) electrons. The van der Waals surface area contributed by atoms with Crippen LogP contribution in [0.3, 0.4) is 0 Å². The highest BCUT2D eigenvalue weighted by Crippen LogP contribution is 2.24. The summed E-state index contributed by atoms with van der Waals surface area (Å²) in [6.07, 6.45) is 4.80. The van der Waals surface area contributed by atoms with Crippen molar-refractivity contribution >= 4 is 5.91 Å². The molecule has 1 aliphatic rings. The topological polar surface area (TPSA) is 38.3 Å². The van der Waals surface area contributed by atoms with Gasteiger partial charge >= 0.3 is 0 Å². The van der Waals surface area contributed by atoms with Crippen LogP contribution in [-0.4, -0.2) is 18.6 Å². The second kappa shape index (κ2) is 7.48. The highest BCUT2D eigenvalue weighted by molar-refractivity contribution is 5.77. The van der Waals surface area contributed by atoms with Crippen molar-refractivity contribution in [1.29, 1.82) is 0 Å². The Morgan fingerprint density at radius 1 is 1.33 bits per heavy atom. The highest BCUT2D eigenvalue weighted by Gasteiger charge is 2.22. The average Bonchev–Trinajstić information content (AvgIpc) is 2.48. The summed E-state index contributed by atoms with van der Waals surface area (Å²) in [7, 11) is 0. The lowest BCUT2D eigenvalue weighted by Gasteiger charge is -2.29. The molecule has 1 N–H and O–H groups in total. The Morgan fingerprint density at radius 3 is 2.81 bits per heavy atom. The number of benzene rings is 1. The molecule has 0 aromatic heterocycles. The molecular formula is C18H27NO2. The molecule has 1 amide bonds. The summed E-state index contributed by atoms with van der Waals surface area (Å²) in [4.78, 5) is 12.0. The summed E-state index contributed by atoms with van der Waals surface area (Å²) >= 11 is 0. The molecule has 2 atom stereocenters. The van der Waals surface area contributed by atoms with Gasteiger partial charge in [-0.2, -0.15) is 0 Å². The van der Waals surface area contributed by atoms with Crippen LogP contribution in [0.1, 0.15) is 57.9 Å². The van der Waals surface area contributed by atoms with Gasteiger partial charge in [0.1, 0.15) is 5.75 Å². The Balaban J connectivity index is 1.82. The molecular weight excluding hydrogens is 262 g/mol. The first-order valence-corrected chi connectivity index (χ1v) is 8.08. The number of carbonyl (C=O) groups is 1. The summed E-state index contributed by atoms with van der Waals surface area (Å²) in [6, 6.07) is 8.30. The highest BCUT2D eigenvalue weighted by atomic mass is 16.5. The fourth-order valence-electron chi connectivity index (χ4n) is 2.89. The number of ether oxygens (including phenoxy) is 1. The first kappa shape index (κ1) is 15.9. The van der Waals surface area contributed by atoms with Gasteiger partial charge < -0.3 is 10.1 Å². The standard InChI is InChI=1S/C18H27NO2/c1-13(2)15-8-6-9-16(11-15)21-12-18(20)19-17-10-5-4-7-14(17)3/h6,8-9,11,13-14,17H,4-5,7,10,12H2,1-3H3,(H,19,20). The van der Waals surface area contributed by atoms with Crippen LogP contribution in [0.25, 0.3) is 0 Å².